The molecule has 112 valence electrons. The molecule has 0 aliphatic carbocycles. The Labute approximate surface area is 117 Å². The van der Waals surface area contributed by atoms with Gasteiger partial charge in [0, 0.05) is 19.3 Å². The van der Waals surface area contributed by atoms with Crippen LogP contribution in [-0.2, 0) is 6.18 Å². The average Bonchev–Trinajstić information content (AvgIpc) is 2.97. The number of halogens is 3. The maximum atomic E-state index is 12.4. The summed E-state index contributed by atoms with van der Waals surface area (Å²) in [5.74, 6) is -0.408. The molecule has 2 aromatic heterocycles. The normalized spacial score (nSPS) is 11.2. The molecule has 0 fully saturated rings. The average molecular weight is 300 g/mol. The molecule has 2 heterocycles. The Morgan fingerprint density at radius 1 is 1.29 bits per heavy atom. The van der Waals surface area contributed by atoms with Crippen LogP contribution < -0.4 is 10.6 Å². The third-order valence-electron chi connectivity index (χ3n) is 2.38. The van der Waals surface area contributed by atoms with Crippen LogP contribution in [0.2, 0.25) is 0 Å². The second-order valence-corrected chi connectivity index (χ2v) is 3.92. The fourth-order valence-electron chi connectivity index (χ4n) is 1.45. The highest BCUT2D eigenvalue weighted by atomic mass is 19.4. The van der Waals surface area contributed by atoms with Gasteiger partial charge in [0.25, 0.3) is 5.91 Å². The molecular weight excluding hydrogens is 289 g/mol. The van der Waals surface area contributed by atoms with E-state index >= 15 is 0 Å². The van der Waals surface area contributed by atoms with Crippen LogP contribution in [0.15, 0.2) is 35.1 Å². The van der Waals surface area contributed by atoms with Crippen molar-refractivity contribution < 1.29 is 22.4 Å². The van der Waals surface area contributed by atoms with Crippen molar-refractivity contribution >= 4 is 11.9 Å². The largest absolute Gasteiger partial charge is 0.459 e. The minimum absolute atomic E-state index is 0.155. The van der Waals surface area contributed by atoms with Crippen molar-refractivity contribution in [1.82, 2.24) is 15.3 Å². The highest BCUT2D eigenvalue weighted by molar-refractivity contribution is 5.91. The van der Waals surface area contributed by atoms with E-state index in [4.69, 9.17) is 4.42 Å². The lowest BCUT2D eigenvalue weighted by molar-refractivity contribution is -0.141. The Balaban J connectivity index is 1.80. The zero-order valence-electron chi connectivity index (χ0n) is 10.6. The summed E-state index contributed by atoms with van der Waals surface area (Å²) in [7, 11) is 0. The second-order valence-electron chi connectivity index (χ2n) is 3.92. The van der Waals surface area contributed by atoms with Crippen LogP contribution in [0.3, 0.4) is 0 Å². The number of nitrogens with zero attached hydrogens (tertiary/aromatic N) is 2. The van der Waals surface area contributed by atoms with Gasteiger partial charge in [-0.05, 0) is 18.2 Å². The van der Waals surface area contributed by atoms with E-state index in [2.05, 4.69) is 20.6 Å². The molecule has 0 radical (unpaired) electrons. The molecule has 0 aromatic carbocycles. The van der Waals surface area contributed by atoms with Gasteiger partial charge < -0.3 is 15.1 Å². The molecule has 0 saturated carbocycles. The zero-order chi connectivity index (χ0) is 15.3. The van der Waals surface area contributed by atoms with Crippen LogP contribution in [0.25, 0.3) is 0 Å². The third-order valence-corrected chi connectivity index (χ3v) is 2.38. The van der Waals surface area contributed by atoms with Crippen molar-refractivity contribution in [2.75, 3.05) is 18.4 Å². The molecule has 0 aliphatic rings. The number of rotatable bonds is 5. The molecular formula is C12H11F3N4O2. The highest BCUT2D eigenvalue weighted by Crippen LogP contribution is 2.27. The Morgan fingerprint density at radius 3 is 2.76 bits per heavy atom. The predicted octanol–water partition coefficient (Wildman–Crippen LogP) is 1.93. The number of hydrogen-bond acceptors (Lipinski definition) is 5. The summed E-state index contributed by atoms with van der Waals surface area (Å²) >= 11 is 0. The number of aromatic nitrogens is 2. The van der Waals surface area contributed by atoms with Gasteiger partial charge in [-0.25, -0.2) is 9.97 Å². The summed E-state index contributed by atoms with van der Waals surface area (Å²) in [5.41, 5.74) is -1.03. The zero-order valence-corrected chi connectivity index (χ0v) is 10.6. The molecule has 0 unspecified atom stereocenters. The minimum Gasteiger partial charge on any atom is -0.459 e. The number of carbonyl (C=O) groups excluding carboxylic acids is 1. The second kappa shape index (κ2) is 6.25. The number of furan rings is 1. The number of amides is 1. The van der Waals surface area contributed by atoms with Gasteiger partial charge in [0.2, 0.25) is 5.95 Å². The van der Waals surface area contributed by atoms with Gasteiger partial charge in [-0.3, -0.25) is 4.79 Å². The first-order valence-corrected chi connectivity index (χ1v) is 5.92. The number of carbonyl (C=O) groups is 1. The summed E-state index contributed by atoms with van der Waals surface area (Å²) < 4.78 is 42.2. The van der Waals surface area contributed by atoms with Crippen molar-refractivity contribution in [2.24, 2.45) is 0 Å². The van der Waals surface area contributed by atoms with Gasteiger partial charge >= 0.3 is 6.18 Å². The summed E-state index contributed by atoms with van der Waals surface area (Å²) in [6.45, 7) is 0.354. The van der Waals surface area contributed by atoms with Crippen molar-refractivity contribution in [1.29, 1.82) is 0 Å². The molecule has 2 N–H and O–H groups in total. The van der Waals surface area contributed by atoms with Crippen LogP contribution in [0.5, 0.6) is 0 Å². The summed E-state index contributed by atoms with van der Waals surface area (Å²) in [5, 5.41) is 5.12. The van der Waals surface area contributed by atoms with E-state index in [1.807, 2.05) is 0 Å². The Kier molecular flexibility index (Phi) is 4.41. The van der Waals surface area contributed by atoms with Gasteiger partial charge in [0.1, 0.15) is 5.69 Å². The molecule has 6 nitrogen and oxygen atoms in total. The smallest absolute Gasteiger partial charge is 0.433 e. The molecule has 2 aromatic rings. The van der Waals surface area contributed by atoms with Crippen LogP contribution in [0.1, 0.15) is 16.2 Å². The van der Waals surface area contributed by atoms with Crippen LogP contribution in [0, 0.1) is 0 Å². The molecule has 0 atom stereocenters. The third kappa shape index (κ3) is 4.20. The van der Waals surface area contributed by atoms with E-state index in [9.17, 15) is 18.0 Å². The van der Waals surface area contributed by atoms with Crippen LogP contribution >= 0.6 is 0 Å². The van der Waals surface area contributed by atoms with Crippen LogP contribution in [0.4, 0.5) is 19.1 Å². The van der Waals surface area contributed by atoms with E-state index < -0.39 is 17.8 Å². The molecule has 1 amide bonds. The molecule has 0 spiro atoms. The van der Waals surface area contributed by atoms with E-state index in [-0.39, 0.29) is 24.8 Å². The number of alkyl halides is 3. The van der Waals surface area contributed by atoms with Crippen LogP contribution in [-0.4, -0.2) is 29.0 Å². The van der Waals surface area contributed by atoms with Gasteiger partial charge in [-0.1, -0.05) is 0 Å². The fourth-order valence-corrected chi connectivity index (χ4v) is 1.45. The van der Waals surface area contributed by atoms with E-state index in [1.54, 1.807) is 6.07 Å². The highest BCUT2D eigenvalue weighted by Gasteiger charge is 2.32. The first kappa shape index (κ1) is 14.8. The molecule has 2 rings (SSSR count). The molecule has 21 heavy (non-hydrogen) atoms. The summed E-state index contributed by atoms with van der Waals surface area (Å²) in [6.07, 6.45) is -2.14. The van der Waals surface area contributed by atoms with Crippen molar-refractivity contribution in [3.63, 3.8) is 0 Å². The standard InChI is InChI=1S/C12H11F3N4O2/c13-12(14,15)9-3-4-17-11(19-9)18-6-5-16-10(20)8-2-1-7-21-8/h1-4,7H,5-6H2,(H,16,20)(H,17,18,19). The maximum Gasteiger partial charge on any atom is 0.433 e. The van der Waals surface area contributed by atoms with Gasteiger partial charge in [-0.15, -0.1) is 0 Å². The van der Waals surface area contributed by atoms with Crippen molar-refractivity contribution in [3.05, 3.63) is 42.1 Å². The number of anilines is 1. The quantitative estimate of drug-likeness (QED) is 0.825. The minimum atomic E-state index is -4.52. The van der Waals surface area contributed by atoms with E-state index in [0.29, 0.717) is 0 Å². The molecule has 9 heteroatoms. The van der Waals surface area contributed by atoms with E-state index in [0.717, 1.165) is 12.3 Å². The fraction of sp³-hybridized carbons (Fsp3) is 0.250. The lowest BCUT2D eigenvalue weighted by Gasteiger charge is -2.08. The molecule has 0 saturated heterocycles. The first-order chi connectivity index (χ1) is 9.97. The van der Waals surface area contributed by atoms with E-state index in [1.165, 1.54) is 12.3 Å². The van der Waals surface area contributed by atoms with Gasteiger partial charge in [0.05, 0.1) is 6.26 Å². The predicted molar refractivity (Wildman–Crippen MR) is 66.6 cm³/mol. The topological polar surface area (TPSA) is 80.0 Å². The Morgan fingerprint density at radius 2 is 2.10 bits per heavy atom. The van der Waals surface area contributed by atoms with Crippen molar-refractivity contribution in [2.45, 2.75) is 6.18 Å². The summed E-state index contributed by atoms with van der Waals surface area (Å²) in [4.78, 5) is 18.5. The lowest BCUT2D eigenvalue weighted by Crippen LogP contribution is -2.28. The number of nitrogens with one attached hydrogen (secondary N) is 2. The monoisotopic (exact) mass is 300 g/mol. The number of hydrogen-bond donors (Lipinski definition) is 2. The first-order valence-electron chi connectivity index (χ1n) is 5.92. The van der Waals surface area contributed by atoms with Crippen molar-refractivity contribution in [3.8, 4) is 0 Å². The van der Waals surface area contributed by atoms with Gasteiger partial charge in [0.15, 0.2) is 5.76 Å². The lowest BCUT2D eigenvalue weighted by atomic mass is 10.4. The molecule has 0 bridgehead atoms. The van der Waals surface area contributed by atoms with Gasteiger partial charge in [-0.2, -0.15) is 13.2 Å². The molecule has 0 aliphatic heterocycles. The SMILES string of the molecule is O=C(NCCNc1nccc(C(F)(F)F)n1)c1ccco1. The Hall–Kier alpha value is -2.58. The summed E-state index contributed by atoms with van der Waals surface area (Å²) in [6, 6.07) is 3.85. The maximum absolute atomic E-state index is 12.4. The Bertz CT molecular complexity index is 599.